The zero-order valence-corrected chi connectivity index (χ0v) is 29.7. The summed E-state index contributed by atoms with van der Waals surface area (Å²) in [5, 5.41) is 14.1. The van der Waals surface area contributed by atoms with Gasteiger partial charge < -0.3 is 29.4 Å². The van der Waals surface area contributed by atoms with E-state index in [9.17, 15) is 9.90 Å². The molecule has 7 rings (SSSR count). The maximum atomic E-state index is 13.5. The number of hydrogen-bond acceptors (Lipinski definition) is 8. The second-order valence-electron chi connectivity index (χ2n) is 14.9. The second kappa shape index (κ2) is 14.0. The summed E-state index contributed by atoms with van der Waals surface area (Å²) in [4.78, 5) is 18.2. The Balaban J connectivity index is 1.17. The van der Waals surface area contributed by atoms with Gasteiger partial charge in [-0.05, 0) is 128 Å². The van der Waals surface area contributed by atoms with Crippen LogP contribution in [0, 0.1) is 11.8 Å². The molecule has 262 valence electrons. The van der Waals surface area contributed by atoms with Crippen LogP contribution >= 0.6 is 11.6 Å². The van der Waals surface area contributed by atoms with Crippen molar-refractivity contribution < 1.29 is 28.8 Å². The van der Waals surface area contributed by atoms with Crippen LogP contribution < -0.4 is 19.5 Å². The number of anilines is 1. The Morgan fingerprint density at radius 3 is 2.76 bits per heavy atom. The fourth-order valence-corrected chi connectivity index (χ4v) is 9.36. The van der Waals surface area contributed by atoms with E-state index in [1.54, 1.807) is 0 Å². The van der Waals surface area contributed by atoms with Crippen LogP contribution in [-0.2, 0) is 27.8 Å². The average molecular weight is 689 g/mol. The van der Waals surface area contributed by atoms with Gasteiger partial charge >= 0.3 is 5.97 Å². The summed E-state index contributed by atoms with van der Waals surface area (Å²) in [5.74, 6) is 3.28. The van der Waals surface area contributed by atoms with E-state index in [4.69, 9.17) is 30.5 Å². The standard InChI is InChI=1S/C40H49ClN2O6/c1-25(24-48-34-10-16-42-33-9-4-6-26(2)37(33)34)18-28-19-27-20-35-36(49-31(23-44)11-17-47-35)22-32(27)39(28)12-14-40(15-13-39,38(45)46-3)43-30-8-5-7-29(41)21-30/h5,7-8,10,16,20-22,25-26,28,31,43-44H,4,6,9,11-15,17-19,23-24H2,1-3H3/t25-,26-,28+,31+,39?,40?/m1/s1. The lowest BCUT2D eigenvalue weighted by atomic mass is 9.59. The van der Waals surface area contributed by atoms with Crippen LogP contribution in [0.2, 0.25) is 5.02 Å². The van der Waals surface area contributed by atoms with Crippen LogP contribution in [0.25, 0.3) is 0 Å². The number of fused-ring (bicyclic) bond motifs is 4. The molecule has 4 atom stereocenters. The fourth-order valence-electron chi connectivity index (χ4n) is 9.17. The topological polar surface area (TPSA) is 99.1 Å². The predicted octanol–water partition coefficient (Wildman–Crippen LogP) is 7.81. The molecule has 4 aliphatic rings. The van der Waals surface area contributed by atoms with Crippen molar-refractivity contribution in [3.05, 3.63) is 76.1 Å². The number of ether oxygens (including phenoxy) is 4. The van der Waals surface area contributed by atoms with E-state index in [0.29, 0.717) is 61.0 Å². The monoisotopic (exact) mass is 688 g/mol. The number of hydrogen-bond donors (Lipinski definition) is 2. The highest BCUT2D eigenvalue weighted by atomic mass is 35.5. The highest BCUT2D eigenvalue weighted by molar-refractivity contribution is 6.30. The molecule has 3 aliphatic carbocycles. The van der Waals surface area contributed by atoms with Gasteiger partial charge in [-0.3, -0.25) is 4.98 Å². The number of rotatable bonds is 9. The molecule has 1 aliphatic heterocycles. The van der Waals surface area contributed by atoms with Gasteiger partial charge in [0.2, 0.25) is 0 Å². The minimum absolute atomic E-state index is 0.0541. The number of halogens is 1. The number of carbonyl (C=O) groups excluding carboxylic acids is 1. The molecule has 0 saturated heterocycles. The number of esters is 1. The van der Waals surface area contributed by atoms with Crippen LogP contribution in [0.15, 0.2) is 48.7 Å². The average Bonchev–Trinajstić information content (AvgIpc) is 3.23. The smallest absolute Gasteiger partial charge is 0.331 e. The Bertz CT molecular complexity index is 1670. The summed E-state index contributed by atoms with van der Waals surface area (Å²) in [5.41, 5.74) is 4.81. The van der Waals surface area contributed by atoms with Gasteiger partial charge in [-0.1, -0.05) is 31.5 Å². The van der Waals surface area contributed by atoms with Crippen molar-refractivity contribution in [2.45, 2.75) is 101 Å². The fraction of sp³-hybridized carbons (Fsp3) is 0.550. The molecule has 49 heavy (non-hydrogen) atoms. The first-order valence-electron chi connectivity index (χ1n) is 18.0. The van der Waals surface area contributed by atoms with E-state index in [0.717, 1.165) is 49.3 Å². The van der Waals surface area contributed by atoms with Gasteiger partial charge in [0.05, 0.1) is 26.9 Å². The zero-order chi connectivity index (χ0) is 34.2. The van der Waals surface area contributed by atoms with Crippen molar-refractivity contribution in [3.8, 4) is 17.2 Å². The van der Waals surface area contributed by atoms with Crippen molar-refractivity contribution >= 4 is 23.3 Å². The van der Waals surface area contributed by atoms with Gasteiger partial charge in [0.25, 0.3) is 0 Å². The van der Waals surface area contributed by atoms with Crippen molar-refractivity contribution in [1.29, 1.82) is 0 Å². The molecule has 2 heterocycles. The van der Waals surface area contributed by atoms with Crippen LogP contribution in [-0.4, -0.2) is 54.6 Å². The first kappa shape index (κ1) is 34.0. The third kappa shape index (κ3) is 6.59. The molecule has 2 aromatic carbocycles. The lowest BCUT2D eigenvalue weighted by molar-refractivity contribution is -0.148. The first-order valence-corrected chi connectivity index (χ1v) is 18.4. The molecule has 1 aromatic heterocycles. The number of nitrogens with zero attached hydrogens (tertiary/aromatic N) is 1. The number of nitrogens with one attached hydrogen (secondary N) is 1. The van der Waals surface area contributed by atoms with Crippen LogP contribution in [0.5, 0.6) is 17.2 Å². The number of pyridine rings is 1. The summed E-state index contributed by atoms with van der Waals surface area (Å²) in [6.45, 7) is 5.67. The van der Waals surface area contributed by atoms with Gasteiger partial charge in [0.1, 0.15) is 17.4 Å². The van der Waals surface area contributed by atoms with Crippen molar-refractivity contribution in [2.24, 2.45) is 11.8 Å². The zero-order valence-electron chi connectivity index (χ0n) is 28.9. The molecule has 1 spiro atoms. The number of aryl methyl sites for hydroxylation is 1. The van der Waals surface area contributed by atoms with Crippen molar-refractivity contribution in [1.82, 2.24) is 4.98 Å². The third-order valence-corrected chi connectivity index (χ3v) is 12.0. The molecule has 0 amide bonds. The quantitative estimate of drug-likeness (QED) is 0.220. The number of carbonyl (C=O) groups is 1. The number of benzene rings is 2. The summed E-state index contributed by atoms with van der Waals surface area (Å²) in [7, 11) is 1.47. The number of aromatic nitrogens is 1. The van der Waals surface area contributed by atoms with E-state index in [-0.39, 0.29) is 24.1 Å². The predicted molar refractivity (Wildman–Crippen MR) is 190 cm³/mol. The molecule has 0 bridgehead atoms. The second-order valence-corrected chi connectivity index (χ2v) is 15.3. The minimum Gasteiger partial charge on any atom is -0.493 e. The van der Waals surface area contributed by atoms with Gasteiger partial charge in [0, 0.05) is 34.6 Å². The Labute approximate surface area is 294 Å². The van der Waals surface area contributed by atoms with Crippen molar-refractivity contribution in [2.75, 3.05) is 32.2 Å². The molecule has 0 radical (unpaired) electrons. The van der Waals surface area contributed by atoms with Crippen molar-refractivity contribution in [3.63, 3.8) is 0 Å². The SMILES string of the molecule is COC(=O)C1(Nc2cccc(Cl)c2)CCC2(CC1)c1cc3c(cc1C[C@@H]2C[C@@H](C)COc1ccnc2c1[C@H](C)CCC2)OCC[C@@H](CO)O3. The number of methoxy groups -OCH3 is 1. The summed E-state index contributed by atoms with van der Waals surface area (Å²) in [6.07, 6.45) is 10.3. The Morgan fingerprint density at radius 1 is 1.14 bits per heavy atom. The molecule has 9 heteroatoms. The molecule has 1 fully saturated rings. The lowest BCUT2D eigenvalue weighted by Gasteiger charge is -2.47. The van der Waals surface area contributed by atoms with Gasteiger partial charge in [0.15, 0.2) is 11.5 Å². The molecule has 1 saturated carbocycles. The Morgan fingerprint density at radius 2 is 1.98 bits per heavy atom. The maximum absolute atomic E-state index is 13.5. The van der Waals surface area contributed by atoms with Gasteiger partial charge in [-0.25, -0.2) is 4.79 Å². The minimum atomic E-state index is -0.864. The molecule has 2 N–H and O–H groups in total. The summed E-state index contributed by atoms with van der Waals surface area (Å²) < 4.78 is 24.5. The van der Waals surface area contributed by atoms with E-state index in [1.807, 2.05) is 36.5 Å². The van der Waals surface area contributed by atoms with E-state index in [2.05, 4.69) is 36.3 Å². The largest absolute Gasteiger partial charge is 0.493 e. The maximum Gasteiger partial charge on any atom is 0.331 e. The third-order valence-electron chi connectivity index (χ3n) is 11.7. The lowest BCUT2D eigenvalue weighted by Crippen LogP contribution is -2.53. The normalized spacial score (nSPS) is 27.8. The van der Waals surface area contributed by atoms with Crippen LogP contribution in [0.1, 0.15) is 93.5 Å². The molecular formula is C40H49ClN2O6. The molecule has 8 nitrogen and oxygen atoms in total. The first-order chi connectivity index (χ1) is 23.7. The van der Waals surface area contributed by atoms with E-state index < -0.39 is 5.54 Å². The van der Waals surface area contributed by atoms with E-state index in [1.165, 1.54) is 42.3 Å². The van der Waals surface area contributed by atoms with E-state index >= 15 is 0 Å². The highest BCUT2D eigenvalue weighted by Crippen LogP contribution is 2.58. The Hall–Kier alpha value is -3.49. The van der Waals surface area contributed by atoms with Gasteiger partial charge in [-0.2, -0.15) is 0 Å². The molecular weight excluding hydrogens is 640 g/mol. The highest BCUT2D eigenvalue weighted by Gasteiger charge is 2.55. The van der Waals surface area contributed by atoms with Crippen LogP contribution in [0.4, 0.5) is 5.69 Å². The van der Waals surface area contributed by atoms with Gasteiger partial charge in [-0.15, -0.1) is 0 Å². The number of aliphatic hydroxyl groups is 1. The summed E-state index contributed by atoms with van der Waals surface area (Å²) >= 11 is 6.33. The van der Waals surface area contributed by atoms with Crippen LogP contribution in [0.3, 0.4) is 0 Å². The summed E-state index contributed by atoms with van der Waals surface area (Å²) in [6, 6.07) is 13.9. The molecule has 0 unspecified atom stereocenters. The molecule has 3 aromatic rings. The Kier molecular flexibility index (Phi) is 9.73. The number of aliphatic hydroxyl groups excluding tert-OH is 1.